The molecule has 2 nitrogen and oxygen atoms in total. The van der Waals surface area contributed by atoms with E-state index in [1.54, 1.807) is 0 Å². The molecule has 0 aliphatic rings. The molecule has 4 N–H and O–H groups in total. The highest BCUT2D eigenvalue weighted by Gasteiger charge is 1.80. The predicted molar refractivity (Wildman–Crippen MR) is 41.6 cm³/mol. The van der Waals surface area contributed by atoms with Gasteiger partial charge in [-0.05, 0) is 5.56 Å². The zero-order valence-corrected chi connectivity index (χ0v) is 5.70. The molecule has 0 fully saturated rings. The second kappa shape index (κ2) is 3.82. The minimum Gasteiger partial charge on any atom is -0.246 e. The fourth-order valence-corrected chi connectivity index (χ4v) is 0.731. The highest BCUT2D eigenvalue weighted by Crippen LogP contribution is 1.98. The molecule has 2 heteroatoms. The van der Waals surface area contributed by atoms with E-state index in [1.807, 2.05) is 42.6 Å². The van der Waals surface area contributed by atoms with Gasteiger partial charge in [-0.1, -0.05) is 30.3 Å². The summed E-state index contributed by atoms with van der Waals surface area (Å²) in [6.07, 6.45) is 3.77. The van der Waals surface area contributed by atoms with Crippen molar-refractivity contribution >= 4 is 6.08 Å². The van der Waals surface area contributed by atoms with E-state index < -0.39 is 0 Å². The molecule has 1 aromatic carbocycles. The Balaban J connectivity index is 2.67. The first kappa shape index (κ1) is 6.99. The van der Waals surface area contributed by atoms with Gasteiger partial charge in [0, 0.05) is 6.08 Å². The lowest BCUT2D eigenvalue weighted by molar-refractivity contribution is -0.599. The maximum atomic E-state index is 5.16. The van der Waals surface area contributed by atoms with E-state index in [4.69, 9.17) is 5.84 Å². The highest BCUT2D eigenvalue weighted by atomic mass is 15.2. The van der Waals surface area contributed by atoms with Crippen LogP contribution < -0.4 is 11.3 Å². The van der Waals surface area contributed by atoms with Gasteiger partial charge in [0.05, 0.1) is 0 Å². The molecule has 0 aliphatic carbocycles. The van der Waals surface area contributed by atoms with Gasteiger partial charge in [0.1, 0.15) is 6.20 Å². The first-order valence-corrected chi connectivity index (χ1v) is 3.20. The van der Waals surface area contributed by atoms with Gasteiger partial charge in [0.15, 0.2) is 0 Å². The normalized spacial score (nSPS) is 10.5. The van der Waals surface area contributed by atoms with Crippen molar-refractivity contribution in [3.05, 3.63) is 42.1 Å². The lowest BCUT2D eigenvalue weighted by Gasteiger charge is -1.87. The predicted octanol–water partition coefficient (Wildman–Crippen LogP) is 0.0944. The number of benzene rings is 1. The molecule has 0 heterocycles. The van der Waals surface area contributed by atoms with Crippen LogP contribution in [0.25, 0.3) is 6.08 Å². The summed E-state index contributed by atoms with van der Waals surface area (Å²) in [5, 5.41) is 0. The van der Waals surface area contributed by atoms with Crippen LogP contribution in [0.5, 0.6) is 0 Å². The molecule has 10 heavy (non-hydrogen) atoms. The van der Waals surface area contributed by atoms with Crippen LogP contribution in [0.2, 0.25) is 0 Å². The van der Waals surface area contributed by atoms with Crippen LogP contribution in [0.3, 0.4) is 0 Å². The van der Waals surface area contributed by atoms with Crippen LogP contribution in [-0.2, 0) is 0 Å². The first-order valence-electron chi connectivity index (χ1n) is 3.20. The molecule has 52 valence electrons. The molecule has 0 saturated heterocycles. The molecule has 0 unspecified atom stereocenters. The number of hydrogen-bond donors (Lipinski definition) is 2. The molecule has 0 spiro atoms. The SMILES string of the molecule is N[NH2+]C=Cc1ccccc1. The summed E-state index contributed by atoms with van der Waals surface area (Å²) < 4.78 is 0. The second-order valence-corrected chi connectivity index (χ2v) is 1.96. The molecule has 0 radical (unpaired) electrons. The summed E-state index contributed by atoms with van der Waals surface area (Å²) in [5.41, 5.74) is 2.69. The maximum absolute atomic E-state index is 5.16. The lowest BCUT2D eigenvalue weighted by atomic mass is 10.2. The van der Waals surface area contributed by atoms with Gasteiger partial charge in [-0.2, -0.15) is 5.84 Å². The molecule has 0 bridgehead atoms. The Bertz CT molecular complexity index is 204. The summed E-state index contributed by atoms with van der Waals surface area (Å²) >= 11 is 0. The van der Waals surface area contributed by atoms with Crippen molar-refractivity contribution in [2.75, 3.05) is 0 Å². The number of quaternary nitrogens is 1. The van der Waals surface area contributed by atoms with Crippen molar-refractivity contribution in [3.63, 3.8) is 0 Å². The van der Waals surface area contributed by atoms with Crippen LogP contribution in [0.15, 0.2) is 36.5 Å². The van der Waals surface area contributed by atoms with Gasteiger partial charge in [-0.25, -0.2) is 5.43 Å². The Morgan fingerprint density at radius 2 is 1.90 bits per heavy atom. The van der Waals surface area contributed by atoms with Crippen molar-refractivity contribution < 1.29 is 5.43 Å². The Kier molecular flexibility index (Phi) is 2.67. The van der Waals surface area contributed by atoms with Crippen molar-refractivity contribution in [1.82, 2.24) is 0 Å². The Hall–Kier alpha value is -1.12. The van der Waals surface area contributed by atoms with E-state index in [9.17, 15) is 0 Å². The third-order valence-corrected chi connectivity index (χ3v) is 1.20. The molecule has 1 aromatic rings. The minimum atomic E-state index is 1.17. The molecular formula is C8H11N2+. The fraction of sp³-hybridized carbons (Fsp3) is 0. The van der Waals surface area contributed by atoms with Gasteiger partial charge >= 0.3 is 0 Å². The van der Waals surface area contributed by atoms with Gasteiger partial charge in [-0.3, -0.25) is 0 Å². The third-order valence-electron chi connectivity index (χ3n) is 1.20. The first-order chi connectivity index (χ1) is 4.93. The lowest BCUT2D eigenvalue weighted by Crippen LogP contribution is -2.85. The molecule has 0 atom stereocenters. The van der Waals surface area contributed by atoms with E-state index in [-0.39, 0.29) is 0 Å². The summed E-state index contributed by atoms with van der Waals surface area (Å²) in [4.78, 5) is 0. The third kappa shape index (κ3) is 2.01. The summed E-state index contributed by atoms with van der Waals surface area (Å²) in [6, 6.07) is 10.0. The molecule has 0 saturated carbocycles. The average molecular weight is 135 g/mol. The van der Waals surface area contributed by atoms with E-state index >= 15 is 0 Å². The minimum absolute atomic E-state index is 1.17. The Morgan fingerprint density at radius 3 is 2.50 bits per heavy atom. The summed E-state index contributed by atoms with van der Waals surface area (Å²) in [7, 11) is 0. The molecule has 0 aromatic heterocycles. The van der Waals surface area contributed by atoms with Crippen molar-refractivity contribution in [3.8, 4) is 0 Å². The number of nitrogens with two attached hydrogens (primary N) is 2. The number of rotatable bonds is 2. The molecular weight excluding hydrogens is 124 g/mol. The summed E-state index contributed by atoms with van der Waals surface area (Å²) in [5.74, 6) is 5.16. The van der Waals surface area contributed by atoms with Crippen LogP contribution in [0.4, 0.5) is 0 Å². The topological polar surface area (TPSA) is 42.6 Å². The molecule has 0 aliphatic heterocycles. The van der Waals surface area contributed by atoms with E-state index in [1.165, 1.54) is 11.0 Å². The van der Waals surface area contributed by atoms with E-state index in [0.29, 0.717) is 0 Å². The average Bonchev–Trinajstić information content (AvgIpc) is 2.03. The largest absolute Gasteiger partial charge is 0.246 e. The second-order valence-electron chi connectivity index (χ2n) is 1.96. The van der Waals surface area contributed by atoms with Gasteiger partial charge in [0.25, 0.3) is 0 Å². The Labute approximate surface area is 60.3 Å². The Morgan fingerprint density at radius 1 is 1.20 bits per heavy atom. The fourth-order valence-electron chi connectivity index (χ4n) is 0.731. The zero-order valence-electron chi connectivity index (χ0n) is 5.70. The monoisotopic (exact) mass is 135 g/mol. The van der Waals surface area contributed by atoms with E-state index in [2.05, 4.69) is 0 Å². The van der Waals surface area contributed by atoms with E-state index in [0.717, 1.165) is 0 Å². The standard InChI is InChI=1S/C8H10N2/c9-10-7-6-8-4-2-1-3-5-8/h1-7,10H,9H2/p+1. The van der Waals surface area contributed by atoms with Crippen LogP contribution in [0, 0.1) is 0 Å². The van der Waals surface area contributed by atoms with Crippen molar-refractivity contribution in [2.45, 2.75) is 0 Å². The van der Waals surface area contributed by atoms with Gasteiger partial charge in [0.2, 0.25) is 0 Å². The smallest absolute Gasteiger partial charge is 0.112 e. The maximum Gasteiger partial charge on any atom is 0.112 e. The highest BCUT2D eigenvalue weighted by molar-refractivity contribution is 5.46. The van der Waals surface area contributed by atoms with Gasteiger partial charge < -0.3 is 0 Å². The van der Waals surface area contributed by atoms with Crippen LogP contribution in [0.1, 0.15) is 5.56 Å². The zero-order chi connectivity index (χ0) is 7.23. The molecule has 0 amide bonds. The van der Waals surface area contributed by atoms with Crippen LogP contribution in [-0.4, -0.2) is 0 Å². The molecule has 1 rings (SSSR count). The summed E-state index contributed by atoms with van der Waals surface area (Å²) in [6.45, 7) is 0. The van der Waals surface area contributed by atoms with Gasteiger partial charge in [-0.15, -0.1) is 0 Å². The quantitative estimate of drug-likeness (QED) is 0.438. The van der Waals surface area contributed by atoms with Crippen LogP contribution >= 0.6 is 0 Å². The van der Waals surface area contributed by atoms with Crippen molar-refractivity contribution in [2.24, 2.45) is 5.84 Å². The van der Waals surface area contributed by atoms with Crippen molar-refractivity contribution in [1.29, 1.82) is 0 Å². The number of hydrogen-bond acceptors (Lipinski definition) is 1.